The van der Waals surface area contributed by atoms with Gasteiger partial charge in [0.2, 0.25) is 0 Å². The molecule has 4 nitrogen and oxygen atoms in total. The van der Waals surface area contributed by atoms with E-state index in [1.54, 1.807) is 0 Å². The molecule has 0 aliphatic carbocycles. The van der Waals surface area contributed by atoms with Crippen LogP contribution in [-0.4, -0.2) is 15.5 Å². The fourth-order valence-electron chi connectivity index (χ4n) is 0.671. The summed E-state index contributed by atoms with van der Waals surface area (Å²) in [6.45, 7) is 0. The van der Waals surface area contributed by atoms with Gasteiger partial charge in [-0.1, -0.05) is 6.07 Å². The molecule has 0 aromatic heterocycles. The molecule has 0 fully saturated rings. The Hall–Kier alpha value is -1.14. The minimum absolute atomic E-state index is 0.123. The van der Waals surface area contributed by atoms with E-state index in [2.05, 4.69) is 8.37 Å². The third kappa shape index (κ3) is 3.00. The van der Waals surface area contributed by atoms with Gasteiger partial charge in [0.25, 0.3) is 0 Å². The van der Waals surface area contributed by atoms with E-state index in [4.69, 9.17) is 0 Å². The highest BCUT2D eigenvalue weighted by Crippen LogP contribution is 2.14. The number of rotatable bonds is 3. The molecule has 1 rings (SSSR count). The first-order valence-electron chi connectivity index (χ1n) is 3.29. The fourth-order valence-corrected chi connectivity index (χ4v) is 1.08. The van der Waals surface area contributed by atoms with Crippen LogP contribution in [0, 0.1) is 5.82 Å². The van der Waals surface area contributed by atoms with Gasteiger partial charge in [-0.3, -0.25) is 0 Å². The van der Waals surface area contributed by atoms with Crippen LogP contribution in [0.25, 0.3) is 0 Å². The Morgan fingerprint density at radius 3 is 2.62 bits per heavy atom. The van der Waals surface area contributed by atoms with Crippen LogP contribution in [0.5, 0.6) is 5.75 Å². The molecule has 13 heavy (non-hydrogen) atoms. The summed E-state index contributed by atoms with van der Waals surface area (Å²) in [7, 11) is -3.10. The molecular weight excluding hydrogens is 199 g/mol. The van der Waals surface area contributed by atoms with Crippen LogP contribution in [0.15, 0.2) is 24.3 Å². The molecule has 72 valence electrons. The van der Waals surface area contributed by atoms with E-state index in [-0.39, 0.29) is 5.75 Å². The van der Waals surface area contributed by atoms with Gasteiger partial charge in [-0.25, -0.2) is 8.57 Å². The second-order valence-corrected chi connectivity index (χ2v) is 3.43. The third-order valence-corrected chi connectivity index (χ3v) is 2.00. The lowest BCUT2D eigenvalue weighted by molar-refractivity contribution is 0.330. The monoisotopic (exact) mass is 206 g/mol. The normalized spacial score (nSPS) is 11.2. The topological polar surface area (TPSA) is 52.6 Å². The quantitative estimate of drug-likeness (QED) is 0.743. The molecule has 0 unspecified atom stereocenters. The molecule has 6 heteroatoms. The molecule has 0 saturated carbocycles. The highest BCUT2D eigenvalue weighted by atomic mass is 32.3. The zero-order chi connectivity index (χ0) is 9.90. The van der Waals surface area contributed by atoms with Gasteiger partial charge in [0, 0.05) is 6.07 Å². The average Bonchev–Trinajstić information content (AvgIpc) is 2.03. The van der Waals surface area contributed by atoms with Crippen molar-refractivity contribution in [3.8, 4) is 5.75 Å². The van der Waals surface area contributed by atoms with Gasteiger partial charge >= 0.3 is 10.4 Å². The lowest BCUT2D eigenvalue weighted by Crippen LogP contribution is -2.10. The Kier molecular flexibility index (Phi) is 2.84. The number of hydrogen-bond donors (Lipinski definition) is 0. The minimum atomic E-state index is -4.06. The van der Waals surface area contributed by atoms with E-state index in [1.807, 2.05) is 0 Å². The predicted octanol–water partition coefficient (Wildman–Crippen LogP) is 1.10. The first-order chi connectivity index (χ1) is 6.03. The molecule has 0 atom stereocenters. The molecule has 1 aromatic carbocycles. The highest BCUT2D eigenvalue weighted by Gasteiger charge is 2.10. The predicted molar refractivity (Wildman–Crippen MR) is 43.0 cm³/mol. The number of benzene rings is 1. The van der Waals surface area contributed by atoms with Crippen LogP contribution in [0.4, 0.5) is 4.39 Å². The lowest BCUT2D eigenvalue weighted by atomic mass is 10.3. The van der Waals surface area contributed by atoms with Gasteiger partial charge in [0.1, 0.15) is 11.6 Å². The van der Waals surface area contributed by atoms with Crippen LogP contribution in [0.1, 0.15) is 0 Å². The summed E-state index contributed by atoms with van der Waals surface area (Å²) < 4.78 is 42.3. The molecule has 0 N–H and O–H groups in total. The van der Waals surface area contributed by atoms with Crippen molar-refractivity contribution in [1.29, 1.82) is 0 Å². The smallest absolute Gasteiger partial charge is 0.362 e. The Balaban J connectivity index is 2.87. The summed E-state index contributed by atoms with van der Waals surface area (Å²) in [6.07, 6.45) is 0. The highest BCUT2D eigenvalue weighted by molar-refractivity contribution is 7.82. The Morgan fingerprint density at radius 1 is 1.38 bits per heavy atom. The lowest BCUT2D eigenvalue weighted by Gasteiger charge is -2.02. The van der Waals surface area contributed by atoms with Crippen molar-refractivity contribution in [2.75, 3.05) is 7.11 Å². The maximum Gasteiger partial charge on any atom is 0.448 e. The van der Waals surface area contributed by atoms with Crippen molar-refractivity contribution in [2.24, 2.45) is 0 Å². The second kappa shape index (κ2) is 3.71. The van der Waals surface area contributed by atoms with Crippen LogP contribution in [0.3, 0.4) is 0 Å². The summed E-state index contributed by atoms with van der Waals surface area (Å²) >= 11 is 0. The van der Waals surface area contributed by atoms with Crippen molar-refractivity contribution in [1.82, 2.24) is 0 Å². The molecule has 0 saturated heterocycles. The maximum atomic E-state index is 12.5. The number of halogens is 1. The molecule has 1 aromatic rings. The third-order valence-electron chi connectivity index (χ3n) is 1.20. The Bertz CT molecular complexity index is 387. The zero-order valence-corrected chi connectivity index (χ0v) is 7.55. The molecular formula is C7H7FO4S. The van der Waals surface area contributed by atoms with E-state index in [9.17, 15) is 12.8 Å². The van der Waals surface area contributed by atoms with Gasteiger partial charge in [0.05, 0.1) is 7.11 Å². The van der Waals surface area contributed by atoms with Crippen molar-refractivity contribution < 1.29 is 21.2 Å². The Morgan fingerprint density at radius 2 is 2.08 bits per heavy atom. The van der Waals surface area contributed by atoms with Crippen LogP contribution in [-0.2, 0) is 14.6 Å². The van der Waals surface area contributed by atoms with Crippen LogP contribution >= 0.6 is 0 Å². The molecule has 0 amide bonds. The van der Waals surface area contributed by atoms with E-state index in [0.29, 0.717) is 0 Å². The van der Waals surface area contributed by atoms with Gasteiger partial charge < -0.3 is 4.18 Å². The van der Waals surface area contributed by atoms with Crippen LogP contribution < -0.4 is 4.18 Å². The van der Waals surface area contributed by atoms with E-state index in [1.165, 1.54) is 18.2 Å². The maximum absolute atomic E-state index is 12.5. The first-order valence-corrected chi connectivity index (χ1v) is 4.62. The minimum Gasteiger partial charge on any atom is -0.362 e. The molecule has 0 aliphatic heterocycles. The van der Waals surface area contributed by atoms with E-state index in [0.717, 1.165) is 13.2 Å². The number of hydrogen-bond acceptors (Lipinski definition) is 4. The van der Waals surface area contributed by atoms with Gasteiger partial charge in [0.15, 0.2) is 0 Å². The average molecular weight is 206 g/mol. The first kappa shape index (κ1) is 9.94. The SMILES string of the molecule is COS(=O)(=O)Oc1cccc(F)c1. The summed E-state index contributed by atoms with van der Waals surface area (Å²) in [4.78, 5) is 0. The van der Waals surface area contributed by atoms with Crippen molar-refractivity contribution in [3.05, 3.63) is 30.1 Å². The molecule has 0 bridgehead atoms. The molecule has 0 heterocycles. The van der Waals surface area contributed by atoms with Gasteiger partial charge in [-0.05, 0) is 12.1 Å². The summed E-state index contributed by atoms with van der Waals surface area (Å²) in [6, 6.07) is 4.75. The van der Waals surface area contributed by atoms with Gasteiger partial charge in [-0.2, -0.15) is 8.42 Å². The Labute approximate surface area is 75.2 Å². The molecule has 0 spiro atoms. The second-order valence-electron chi connectivity index (χ2n) is 2.12. The molecule has 0 aliphatic rings. The summed E-state index contributed by atoms with van der Waals surface area (Å²) in [5, 5.41) is 0. The zero-order valence-electron chi connectivity index (χ0n) is 6.73. The van der Waals surface area contributed by atoms with Crippen LogP contribution in [0.2, 0.25) is 0 Å². The summed E-state index contributed by atoms with van der Waals surface area (Å²) in [5.41, 5.74) is 0. The standard InChI is InChI=1S/C7H7FO4S/c1-11-13(9,10)12-7-4-2-3-6(8)5-7/h2-5H,1H3. The summed E-state index contributed by atoms with van der Waals surface area (Å²) in [5.74, 6) is -0.703. The van der Waals surface area contributed by atoms with Crippen molar-refractivity contribution >= 4 is 10.4 Å². The largest absolute Gasteiger partial charge is 0.448 e. The van der Waals surface area contributed by atoms with Crippen molar-refractivity contribution in [3.63, 3.8) is 0 Å². The fraction of sp³-hybridized carbons (Fsp3) is 0.143. The van der Waals surface area contributed by atoms with E-state index < -0.39 is 16.2 Å². The van der Waals surface area contributed by atoms with E-state index >= 15 is 0 Å². The van der Waals surface area contributed by atoms with Crippen molar-refractivity contribution in [2.45, 2.75) is 0 Å². The molecule has 0 radical (unpaired) electrons. The van der Waals surface area contributed by atoms with Gasteiger partial charge in [-0.15, -0.1) is 0 Å².